The van der Waals surface area contributed by atoms with E-state index in [1.165, 1.54) is 0 Å². The molecule has 114 valence electrons. The minimum absolute atomic E-state index is 0.0362. The van der Waals surface area contributed by atoms with Gasteiger partial charge in [0.1, 0.15) is 11.3 Å². The van der Waals surface area contributed by atoms with Crippen molar-refractivity contribution < 1.29 is 14.7 Å². The molecule has 5 heteroatoms. The Morgan fingerprint density at radius 3 is 2.17 bits per heavy atom. The first-order chi connectivity index (χ1) is 11.2. The predicted octanol–water partition coefficient (Wildman–Crippen LogP) is 3.20. The summed E-state index contributed by atoms with van der Waals surface area (Å²) >= 11 is 0. The molecule has 0 aliphatic heterocycles. The Kier molecular flexibility index (Phi) is 4.01. The van der Waals surface area contributed by atoms with E-state index in [1.807, 2.05) is 24.3 Å². The SMILES string of the molecule is O=C(Cc1[nH]nc(-c2ccccc2)c1C(=O)O)c1ccccc1. The van der Waals surface area contributed by atoms with Crippen molar-refractivity contribution in [1.29, 1.82) is 0 Å². The summed E-state index contributed by atoms with van der Waals surface area (Å²) in [5.41, 5.74) is 1.93. The number of H-pyrrole nitrogens is 1. The van der Waals surface area contributed by atoms with E-state index in [2.05, 4.69) is 10.2 Å². The molecule has 0 saturated heterocycles. The molecule has 2 N–H and O–H groups in total. The van der Waals surface area contributed by atoms with Crippen LogP contribution in [0.4, 0.5) is 0 Å². The lowest BCUT2D eigenvalue weighted by Gasteiger charge is -2.02. The Morgan fingerprint density at radius 2 is 1.57 bits per heavy atom. The molecular formula is C18H14N2O3. The van der Waals surface area contributed by atoms with E-state index in [4.69, 9.17) is 0 Å². The first-order valence-electron chi connectivity index (χ1n) is 7.11. The molecule has 2 aromatic carbocycles. The third-order valence-electron chi connectivity index (χ3n) is 3.54. The van der Waals surface area contributed by atoms with Crippen molar-refractivity contribution in [3.63, 3.8) is 0 Å². The number of benzene rings is 2. The van der Waals surface area contributed by atoms with Crippen LogP contribution in [0, 0.1) is 0 Å². The monoisotopic (exact) mass is 306 g/mol. The number of carboxylic acid groups (broad SMARTS) is 1. The highest BCUT2D eigenvalue weighted by Gasteiger charge is 2.22. The number of aromatic nitrogens is 2. The summed E-state index contributed by atoms with van der Waals surface area (Å²) in [4.78, 5) is 23.9. The first kappa shape index (κ1) is 14.7. The molecule has 0 aliphatic carbocycles. The van der Waals surface area contributed by atoms with Crippen LogP contribution in [0.2, 0.25) is 0 Å². The second-order valence-electron chi connectivity index (χ2n) is 5.06. The van der Waals surface area contributed by atoms with Gasteiger partial charge in [0.25, 0.3) is 0 Å². The number of Topliss-reactive ketones (excluding diaryl/α,β-unsaturated/α-hetero) is 1. The predicted molar refractivity (Wildman–Crippen MR) is 85.5 cm³/mol. The summed E-state index contributed by atoms with van der Waals surface area (Å²) in [7, 11) is 0. The molecule has 0 unspecified atom stereocenters. The fourth-order valence-corrected chi connectivity index (χ4v) is 2.43. The quantitative estimate of drug-likeness (QED) is 0.709. The topological polar surface area (TPSA) is 83.0 Å². The van der Waals surface area contributed by atoms with E-state index >= 15 is 0 Å². The van der Waals surface area contributed by atoms with Gasteiger partial charge >= 0.3 is 5.97 Å². The Balaban J connectivity index is 1.96. The molecule has 0 amide bonds. The minimum atomic E-state index is -1.10. The molecule has 1 heterocycles. The van der Waals surface area contributed by atoms with Crippen LogP contribution < -0.4 is 0 Å². The molecule has 5 nitrogen and oxygen atoms in total. The van der Waals surface area contributed by atoms with Crippen LogP contribution >= 0.6 is 0 Å². The van der Waals surface area contributed by atoms with Crippen molar-refractivity contribution in [2.24, 2.45) is 0 Å². The highest BCUT2D eigenvalue weighted by Crippen LogP contribution is 2.24. The number of nitrogens with one attached hydrogen (secondary N) is 1. The first-order valence-corrected chi connectivity index (χ1v) is 7.11. The van der Waals surface area contributed by atoms with E-state index in [0.717, 1.165) is 0 Å². The lowest BCUT2D eigenvalue weighted by Crippen LogP contribution is -2.08. The lowest BCUT2D eigenvalue weighted by atomic mass is 10.0. The van der Waals surface area contributed by atoms with Gasteiger partial charge < -0.3 is 5.11 Å². The van der Waals surface area contributed by atoms with Crippen molar-refractivity contribution >= 4 is 11.8 Å². The van der Waals surface area contributed by atoms with Gasteiger partial charge in [0.2, 0.25) is 0 Å². The smallest absolute Gasteiger partial charge is 0.339 e. The number of aromatic carboxylic acids is 1. The van der Waals surface area contributed by atoms with E-state index < -0.39 is 5.97 Å². The zero-order valence-electron chi connectivity index (χ0n) is 12.2. The Bertz CT molecular complexity index is 839. The molecule has 3 aromatic rings. The summed E-state index contributed by atoms with van der Waals surface area (Å²) in [6.07, 6.45) is -0.0362. The number of carboxylic acids is 1. The summed E-state index contributed by atoms with van der Waals surface area (Å²) < 4.78 is 0. The molecular weight excluding hydrogens is 292 g/mol. The Hall–Kier alpha value is -3.21. The van der Waals surface area contributed by atoms with Gasteiger partial charge in [-0.3, -0.25) is 9.89 Å². The number of ketones is 1. The molecule has 0 radical (unpaired) electrons. The van der Waals surface area contributed by atoms with Gasteiger partial charge in [-0.15, -0.1) is 0 Å². The van der Waals surface area contributed by atoms with Crippen molar-refractivity contribution in [3.05, 3.63) is 77.5 Å². The number of aromatic amines is 1. The number of hydrogen-bond acceptors (Lipinski definition) is 3. The van der Waals surface area contributed by atoms with Gasteiger partial charge in [0, 0.05) is 11.1 Å². The van der Waals surface area contributed by atoms with Crippen LogP contribution in [0.25, 0.3) is 11.3 Å². The van der Waals surface area contributed by atoms with Crippen LogP contribution in [0.3, 0.4) is 0 Å². The largest absolute Gasteiger partial charge is 0.478 e. The molecule has 3 rings (SSSR count). The number of rotatable bonds is 5. The molecule has 0 aliphatic rings. The van der Waals surface area contributed by atoms with Crippen molar-refractivity contribution in [2.75, 3.05) is 0 Å². The standard InChI is InChI=1S/C18H14N2O3/c21-15(12-7-3-1-4-8-12)11-14-16(18(22)23)17(20-19-14)13-9-5-2-6-10-13/h1-10H,11H2,(H,19,20)(H,22,23). The summed E-state index contributed by atoms with van der Waals surface area (Å²) in [6.45, 7) is 0. The molecule has 0 fully saturated rings. The van der Waals surface area contributed by atoms with Gasteiger partial charge in [-0.25, -0.2) is 4.79 Å². The maximum atomic E-state index is 12.3. The molecule has 23 heavy (non-hydrogen) atoms. The third kappa shape index (κ3) is 3.03. The van der Waals surface area contributed by atoms with Gasteiger partial charge in [0.15, 0.2) is 5.78 Å². The lowest BCUT2D eigenvalue weighted by molar-refractivity contribution is 0.0697. The van der Waals surface area contributed by atoms with Gasteiger partial charge in [-0.1, -0.05) is 60.7 Å². The average Bonchev–Trinajstić information content (AvgIpc) is 3.00. The van der Waals surface area contributed by atoms with Crippen molar-refractivity contribution in [1.82, 2.24) is 10.2 Å². The Labute approximate surface area is 132 Å². The van der Waals surface area contributed by atoms with Crippen LogP contribution in [0.15, 0.2) is 60.7 Å². The van der Waals surface area contributed by atoms with E-state index in [0.29, 0.717) is 22.5 Å². The highest BCUT2D eigenvalue weighted by molar-refractivity contribution is 6.01. The summed E-state index contributed by atoms with van der Waals surface area (Å²) in [6, 6.07) is 17.8. The second kappa shape index (κ2) is 6.27. The maximum Gasteiger partial charge on any atom is 0.339 e. The summed E-state index contributed by atoms with van der Waals surface area (Å²) in [5, 5.41) is 16.3. The normalized spacial score (nSPS) is 10.4. The molecule has 0 spiro atoms. The number of nitrogens with zero attached hydrogens (tertiary/aromatic N) is 1. The van der Waals surface area contributed by atoms with Gasteiger partial charge in [0.05, 0.1) is 12.1 Å². The number of carbonyl (C=O) groups is 2. The fourth-order valence-electron chi connectivity index (χ4n) is 2.43. The summed E-state index contributed by atoms with van der Waals surface area (Å²) in [5.74, 6) is -1.26. The second-order valence-corrected chi connectivity index (χ2v) is 5.06. The molecule has 0 bridgehead atoms. The third-order valence-corrected chi connectivity index (χ3v) is 3.54. The van der Waals surface area contributed by atoms with Crippen LogP contribution in [0.1, 0.15) is 26.4 Å². The average molecular weight is 306 g/mol. The number of carbonyl (C=O) groups excluding carboxylic acids is 1. The van der Waals surface area contributed by atoms with Crippen LogP contribution in [-0.4, -0.2) is 27.1 Å². The van der Waals surface area contributed by atoms with Crippen molar-refractivity contribution in [3.8, 4) is 11.3 Å². The highest BCUT2D eigenvalue weighted by atomic mass is 16.4. The van der Waals surface area contributed by atoms with Crippen LogP contribution in [0.5, 0.6) is 0 Å². The molecule has 0 saturated carbocycles. The van der Waals surface area contributed by atoms with Crippen molar-refractivity contribution in [2.45, 2.75) is 6.42 Å². The molecule has 0 atom stereocenters. The Morgan fingerprint density at radius 1 is 0.957 bits per heavy atom. The zero-order valence-corrected chi connectivity index (χ0v) is 12.2. The zero-order chi connectivity index (χ0) is 16.2. The van der Waals surface area contributed by atoms with Crippen LogP contribution in [-0.2, 0) is 6.42 Å². The van der Waals surface area contributed by atoms with E-state index in [-0.39, 0.29) is 17.8 Å². The molecule has 1 aromatic heterocycles. The van der Waals surface area contributed by atoms with Gasteiger partial charge in [-0.2, -0.15) is 5.10 Å². The van der Waals surface area contributed by atoms with E-state index in [1.54, 1.807) is 36.4 Å². The van der Waals surface area contributed by atoms with Gasteiger partial charge in [-0.05, 0) is 0 Å². The maximum absolute atomic E-state index is 12.3. The van der Waals surface area contributed by atoms with E-state index in [9.17, 15) is 14.7 Å². The minimum Gasteiger partial charge on any atom is -0.478 e. The fraction of sp³-hybridized carbons (Fsp3) is 0.0556. The number of hydrogen-bond donors (Lipinski definition) is 2.